The Kier molecular flexibility index (Phi) is 4.55. The molecule has 0 radical (unpaired) electrons. The van der Waals surface area contributed by atoms with E-state index in [0.717, 1.165) is 37.8 Å². The van der Waals surface area contributed by atoms with Gasteiger partial charge >= 0.3 is 0 Å². The van der Waals surface area contributed by atoms with Gasteiger partial charge in [0.25, 0.3) is 11.6 Å². The standard InChI is InChI=1S/C14H18N2O4/c17-11-7-8-13(16(19)20)12(9-11)14(18)15-10-5-3-1-2-4-6-10/h7-10,17H,1-6H2,(H,15,18). The number of hydrogen-bond acceptors (Lipinski definition) is 4. The molecule has 0 heterocycles. The number of nitrogens with one attached hydrogen (secondary N) is 1. The summed E-state index contributed by atoms with van der Waals surface area (Å²) in [4.78, 5) is 22.5. The molecule has 1 saturated carbocycles. The fourth-order valence-electron chi connectivity index (χ4n) is 2.55. The van der Waals surface area contributed by atoms with Crippen molar-refractivity contribution >= 4 is 11.6 Å². The molecule has 0 aliphatic heterocycles. The van der Waals surface area contributed by atoms with E-state index in [1.165, 1.54) is 18.9 Å². The van der Waals surface area contributed by atoms with Crippen molar-refractivity contribution in [3.8, 4) is 5.75 Å². The number of carbonyl (C=O) groups is 1. The molecule has 0 unspecified atom stereocenters. The van der Waals surface area contributed by atoms with Crippen LogP contribution in [0.25, 0.3) is 0 Å². The average Bonchev–Trinajstić information content (AvgIpc) is 2.66. The van der Waals surface area contributed by atoms with Gasteiger partial charge in [0, 0.05) is 12.1 Å². The van der Waals surface area contributed by atoms with Crippen molar-refractivity contribution in [1.82, 2.24) is 5.32 Å². The van der Waals surface area contributed by atoms with Gasteiger partial charge in [-0.25, -0.2) is 0 Å². The maximum Gasteiger partial charge on any atom is 0.282 e. The van der Waals surface area contributed by atoms with Crippen molar-refractivity contribution in [1.29, 1.82) is 0 Å². The van der Waals surface area contributed by atoms with Crippen molar-refractivity contribution in [3.05, 3.63) is 33.9 Å². The van der Waals surface area contributed by atoms with Crippen molar-refractivity contribution in [2.75, 3.05) is 0 Å². The lowest BCUT2D eigenvalue weighted by Crippen LogP contribution is -2.34. The van der Waals surface area contributed by atoms with E-state index in [2.05, 4.69) is 5.32 Å². The average molecular weight is 278 g/mol. The largest absolute Gasteiger partial charge is 0.508 e. The molecule has 6 nitrogen and oxygen atoms in total. The lowest BCUT2D eigenvalue weighted by atomic mass is 10.1. The number of amides is 1. The fourth-order valence-corrected chi connectivity index (χ4v) is 2.55. The van der Waals surface area contributed by atoms with Crippen LogP contribution in [0.15, 0.2) is 18.2 Å². The predicted octanol–water partition coefficient (Wildman–Crippen LogP) is 2.75. The first kappa shape index (κ1) is 14.3. The number of phenols is 1. The summed E-state index contributed by atoms with van der Waals surface area (Å²) in [7, 11) is 0. The molecule has 0 aromatic heterocycles. The van der Waals surface area contributed by atoms with Crippen molar-refractivity contribution in [2.45, 2.75) is 44.6 Å². The molecular weight excluding hydrogens is 260 g/mol. The Balaban J connectivity index is 2.15. The molecule has 2 rings (SSSR count). The first-order valence-electron chi connectivity index (χ1n) is 6.86. The third-order valence-electron chi connectivity index (χ3n) is 3.61. The van der Waals surface area contributed by atoms with Gasteiger partial charge in [-0.1, -0.05) is 25.7 Å². The Hall–Kier alpha value is -2.11. The van der Waals surface area contributed by atoms with E-state index in [1.54, 1.807) is 0 Å². The normalized spacial score (nSPS) is 16.4. The lowest BCUT2D eigenvalue weighted by molar-refractivity contribution is -0.385. The molecule has 0 bridgehead atoms. The minimum Gasteiger partial charge on any atom is -0.508 e. The monoisotopic (exact) mass is 278 g/mol. The summed E-state index contributed by atoms with van der Waals surface area (Å²) in [6.45, 7) is 0. The van der Waals surface area contributed by atoms with Crippen molar-refractivity contribution in [2.24, 2.45) is 0 Å². The molecule has 108 valence electrons. The summed E-state index contributed by atoms with van der Waals surface area (Å²) < 4.78 is 0. The number of benzene rings is 1. The Bertz CT molecular complexity index is 508. The van der Waals surface area contributed by atoms with Gasteiger partial charge in [0.15, 0.2) is 0 Å². The summed E-state index contributed by atoms with van der Waals surface area (Å²) in [6.07, 6.45) is 6.26. The highest BCUT2D eigenvalue weighted by Gasteiger charge is 2.23. The molecule has 1 aromatic carbocycles. The van der Waals surface area contributed by atoms with E-state index in [4.69, 9.17) is 0 Å². The van der Waals surface area contributed by atoms with Crippen molar-refractivity contribution in [3.63, 3.8) is 0 Å². The number of nitrogens with zero attached hydrogens (tertiary/aromatic N) is 1. The Morgan fingerprint density at radius 3 is 2.50 bits per heavy atom. The zero-order valence-electron chi connectivity index (χ0n) is 11.2. The second-order valence-electron chi connectivity index (χ2n) is 5.12. The van der Waals surface area contributed by atoms with Gasteiger partial charge in [-0.15, -0.1) is 0 Å². The van der Waals surface area contributed by atoms with Gasteiger partial charge in [-0.05, 0) is 25.0 Å². The summed E-state index contributed by atoms with van der Waals surface area (Å²) in [5, 5.41) is 23.2. The first-order valence-corrected chi connectivity index (χ1v) is 6.86. The van der Waals surface area contributed by atoms with E-state index in [9.17, 15) is 20.0 Å². The molecule has 1 amide bonds. The zero-order valence-corrected chi connectivity index (χ0v) is 11.2. The Labute approximate surface area is 117 Å². The topological polar surface area (TPSA) is 92.5 Å². The number of phenolic OH excluding ortho intramolecular Hbond substituents is 1. The number of nitro benzene ring substituents is 1. The Morgan fingerprint density at radius 2 is 1.90 bits per heavy atom. The van der Waals surface area contributed by atoms with E-state index in [-0.39, 0.29) is 23.0 Å². The van der Waals surface area contributed by atoms with Crippen LogP contribution >= 0.6 is 0 Å². The molecule has 0 saturated heterocycles. The quantitative estimate of drug-likeness (QED) is 0.505. The highest BCUT2D eigenvalue weighted by Crippen LogP contribution is 2.24. The number of rotatable bonds is 3. The lowest BCUT2D eigenvalue weighted by Gasteiger charge is -2.16. The van der Waals surface area contributed by atoms with Gasteiger partial charge < -0.3 is 10.4 Å². The SMILES string of the molecule is O=C(NC1CCCCCC1)c1cc(O)ccc1[N+](=O)[O-]. The summed E-state index contributed by atoms with van der Waals surface area (Å²) >= 11 is 0. The highest BCUT2D eigenvalue weighted by molar-refractivity contribution is 5.98. The third kappa shape index (κ3) is 3.46. The van der Waals surface area contributed by atoms with E-state index >= 15 is 0 Å². The second-order valence-corrected chi connectivity index (χ2v) is 5.12. The van der Waals surface area contributed by atoms with Crippen LogP contribution in [0.3, 0.4) is 0 Å². The summed E-state index contributed by atoms with van der Waals surface area (Å²) in [5.41, 5.74) is -0.367. The molecular formula is C14H18N2O4. The second kappa shape index (κ2) is 6.36. The molecule has 6 heteroatoms. The van der Waals surface area contributed by atoms with E-state index in [1.807, 2.05) is 0 Å². The van der Waals surface area contributed by atoms with Gasteiger partial charge in [0.1, 0.15) is 11.3 Å². The number of aromatic hydroxyl groups is 1. The van der Waals surface area contributed by atoms with Crippen LogP contribution in [0, 0.1) is 10.1 Å². The van der Waals surface area contributed by atoms with Crippen LogP contribution < -0.4 is 5.32 Å². The number of carbonyl (C=O) groups excluding carboxylic acids is 1. The van der Waals surface area contributed by atoms with Gasteiger partial charge in [-0.3, -0.25) is 14.9 Å². The third-order valence-corrected chi connectivity index (χ3v) is 3.61. The minimum atomic E-state index is -0.610. The van der Waals surface area contributed by atoms with Crippen LogP contribution in [-0.4, -0.2) is 22.0 Å². The van der Waals surface area contributed by atoms with Crippen LogP contribution in [-0.2, 0) is 0 Å². The van der Waals surface area contributed by atoms with Crippen molar-refractivity contribution < 1.29 is 14.8 Å². The van der Waals surface area contributed by atoms with Crippen LogP contribution in [0.5, 0.6) is 5.75 Å². The number of hydrogen-bond donors (Lipinski definition) is 2. The molecule has 1 aliphatic carbocycles. The van der Waals surface area contributed by atoms with E-state index in [0.29, 0.717) is 0 Å². The minimum absolute atomic E-state index is 0.0620. The zero-order chi connectivity index (χ0) is 14.5. The molecule has 1 fully saturated rings. The molecule has 2 N–H and O–H groups in total. The summed E-state index contributed by atoms with van der Waals surface area (Å²) in [6, 6.07) is 3.56. The number of nitro groups is 1. The first-order chi connectivity index (χ1) is 9.58. The van der Waals surface area contributed by atoms with Gasteiger partial charge in [-0.2, -0.15) is 0 Å². The fraction of sp³-hybridized carbons (Fsp3) is 0.500. The Morgan fingerprint density at radius 1 is 1.25 bits per heavy atom. The van der Waals surface area contributed by atoms with Crippen LogP contribution in [0.1, 0.15) is 48.9 Å². The molecule has 20 heavy (non-hydrogen) atoms. The highest BCUT2D eigenvalue weighted by atomic mass is 16.6. The maximum absolute atomic E-state index is 12.2. The maximum atomic E-state index is 12.2. The van der Waals surface area contributed by atoms with E-state index < -0.39 is 10.8 Å². The molecule has 1 aliphatic rings. The predicted molar refractivity (Wildman–Crippen MR) is 73.7 cm³/mol. The van der Waals surface area contributed by atoms with Gasteiger partial charge in [0.2, 0.25) is 0 Å². The smallest absolute Gasteiger partial charge is 0.282 e. The molecule has 0 atom stereocenters. The summed E-state index contributed by atoms with van der Waals surface area (Å²) in [5.74, 6) is -0.638. The van der Waals surface area contributed by atoms with Crippen LogP contribution in [0.4, 0.5) is 5.69 Å². The molecule has 1 aromatic rings. The molecule has 0 spiro atoms. The van der Waals surface area contributed by atoms with Crippen LogP contribution in [0.2, 0.25) is 0 Å². The van der Waals surface area contributed by atoms with Gasteiger partial charge in [0.05, 0.1) is 4.92 Å².